The maximum Gasteiger partial charge on any atom is 0.324 e. The van der Waals surface area contributed by atoms with Crippen LogP contribution in [-0.4, -0.2) is 33.4 Å². The van der Waals surface area contributed by atoms with Crippen molar-refractivity contribution in [2.75, 3.05) is 6.54 Å². The Bertz CT molecular complexity index is 418. The second kappa shape index (κ2) is 3.64. The molecule has 0 aromatic carbocycles. The molecule has 0 saturated carbocycles. The molecule has 1 aliphatic rings. The first-order valence-corrected chi connectivity index (χ1v) is 4.52. The second-order valence-corrected chi connectivity index (χ2v) is 3.30. The van der Waals surface area contributed by atoms with Gasteiger partial charge in [-0.05, 0) is 13.0 Å². The van der Waals surface area contributed by atoms with Crippen LogP contribution in [0.4, 0.5) is 4.79 Å². The van der Waals surface area contributed by atoms with Crippen molar-refractivity contribution < 1.29 is 9.59 Å². The predicted molar refractivity (Wildman–Crippen MR) is 50.7 cm³/mol. The summed E-state index contributed by atoms with van der Waals surface area (Å²) in [5.41, 5.74) is 0.729. The predicted octanol–water partition coefficient (Wildman–Crippen LogP) is -0.163. The molecule has 2 rings (SSSR count). The minimum atomic E-state index is -0.365. The number of amides is 3. The van der Waals surface area contributed by atoms with Gasteiger partial charge < -0.3 is 4.90 Å². The molecule has 1 aromatic heterocycles. The molecule has 0 unspecified atom stereocenters. The van der Waals surface area contributed by atoms with Gasteiger partial charge in [0.2, 0.25) is 5.91 Å². The van der Waals surface area contributed by atoms with Crippen LogP contribution in [0.2, 0.25) is 0 Å². The van der Waals surface area contributed by atoms with Crippen LogP contribution >= 0.6 is 0 Å². The molecule has 0 atom stereocenters. The molecule has 6 heteroatoms. The lowest BCUT2D eigenvalue weighted by molar-refractivity contribution is -0.118. The summed E-state index contributed by atoms with van der Waals surface area (Å²) >= 11 is 0. The Morgan fingerprint density at radius 3 is 2.93 bits per heavy atom. The molecule has 3 amide bonds. The molecule has 15 heavy (non-hydrogen) atoms. The summed E-state index contributed by atoms with van der Waals surface area (Å²) in [6, 6.07) is 1.36. The van der Waals surface area contributed by atoms with Gasteiger partial charge >= 0.3 is 6.03 Å². The molecule has 2 heterocycles. The molecule has 1 N–H and O–H groups in total. The van der Waals surface area contributed by atoms with E-state index in [-0.39, 0.29) is 18.5 Å². The van der Waals surface area contributed by atoms with Crippen LogP contribution in [0, 0.1) is 6.92 Å². The summed E-state index contributed by atoms with van der Waals surface area (Å²) in [5, 5.41) is 2.21. The van der Waals surface area contributed by atoms with Crippen molar-refractivity contribution in [1.29, 1.82) is 0 Å². The molecular formula is C9H10N4O2. The van der Waals surface area contributed by atoms with Gasteiger partial charge in [0, 0.05) is 6.20 Å². The number of hydrogen-bond acceptors (Lipinski definition) is 4. The lowest BCUT2D eigenvalue weighted by Gasteiger charge is -2.11. The lowest BCUT2D eigenvalue weighted by Crippen LogP contribution is -2.28. The molecule has 0 radical (unpaired) electrons. The zero-order valence-electron chi connectivity index (χ0n) is 8.23. The third-order valence-electron chi connectivity index (χ3n) is 2.05. The Kier molecular flexibility index (Phi) is 2.32. The van der Waals surface area contributed by atoms with Gasteiger partial charge in [0.05, 0.1) is 12.2 Å². The highest BCUT2D eigenvalue weighted by molar-refractivity contribution is 6.01. The summed E-state index contributed by atoms with van der Waals surface area (Å²) in [7, 11) is 0. The third-order valence-corrected chi connectivity index (χ3v) is 2.05. The van der Waals surface area contributed by atoms with E-state index >= 15 is 0 Å². The quantitative estimate of drug-likeness (QED) is 0.682. The lowest BCUT2D eigenvalue weighted by atomic mass is 10.3. The summed E-state index contributed by atoms with van der Waals surface area (Å²) < 4.78 is 0. The fourth-order valence-corrected chi connectivity index (χ4v) is 1.40. The van der Waals surface area contributed by atoms with Gasteiger partial charge in [0.25, 0.3) is 0 Å². The third kappa shape index (κ3) is 2.09. The van der Waals surface area contributed by atoms with Crippen molar-refractivity contribution in [1.82, 2.24) is 20.2 Å². The minimum absolute atomic E-state index is 0.0991. The first kappa shape index (κ1) is 9.57. The highest BCUT2D eigenvalue weighted by atomic mass is 16.2. The molecule has 0 bridgehead atoms. The Balaban J connectivity index is 2.09. The molecule has 0 spiro atoms. The SMILES string of the molecule is Cc1nccc(CN2CC(=O)NC2=O)n1. The van der Waals surface area contributed by atoms with Crippen LogP contribution in [-0.2, 0) is 11.3 Å². The summed E-state index contributed by atoms with van der Waals surface area (Å²) in [6.45, 7) is 2.21. The summed E-state index contributed by atoms with van der Waals surface area (Å²) in [6.07, 6.45) is 1.63. The normalized spacial score (nSPS) is 15.7. The number of aromatic nitrogens is 2. The highest BCUT2D eigenvalue weighted by Crippen LogP contribution is 2.05. The number of hydrogen-bond donors (Lipinski definition) is 1. The number of carbonyl (C=O) groups is 2. The van der Waals surface area contributed by atoms with Gasteiger partial charge in [-0.25, -0.2) is 14.8 Å². The molecule has 1 saturated heterocycles. The van der Waals surface area contributed by atoms with Crippen LogP contribution < -0.4 is 5.32 Å². The van der Waals surface area contributed by atoms with Crippen molar-refractivity contribution in [3.63, 3.8) is 0 Å². The number of aryl methyl sites for hydroxylation is 1. The van der Waals surface area contributed by atoms with E-state index in [0.29, 0.717) is 12.4 Å². The largest absolute Gasteiger partial charge is 0.324 e. The van der Waals surface area contributed by atoms with Gasteiger partial charge in [-0.15, -0.1) is 0 Å². The van der Waals surface area contributed by atoms with Gasteiger partial charge in [-0.2, -0.15) is 0 Å². The van der Waals surface area contributed by atoms with Crippen molar-refractivity contribution in [2.24, 2.45) is 0 Å². The number of carbonyl (C=O) groups excluding carboxylic acids is 2. The Labute approximate surface area is 86.3 Å². The van der Waals surface area contributed by atoms with Crippen molar-refractivity contribution in [3.8, 4) is 0 Å². The molecule has 78 valence electrons. The van der Waals surface area contributed by atoms with Crippen LogP contribution in [0.3, 0.4) is 0 Å². The minimum Gasteiger partial charge on any atom is -0.309 e. The zero-order valence-corrected chi connectivity index (χ0v) is 8.23. The van der Waals surface area contributed by atoms with Gasteiger partial charge in [-0.3, -0.25) is 10.1 Å². The number of rotatable bonds is 2. The standard InChI is InChI=1S/C9H10N4O2/c1-6-10-3-2-7(11-6)4-13-5-8(14)12-9(13)15/h2-3H,4-5H2,1H3,(H,12,14,15). The maximum atomic E-state index is 11.2. The Morgan fingerprint density at radius 1 is 1.53 bits per heavy atom. The van der Waals surface area contributed by atoms with Gasteiger partial charge in [0.15, 0.2) is 0 Å². The summed E-state index contributed by atoms with van der Waals surface area (Å²) in [5.74, 6) is 0.379. The molecule has 1 aliphatic heterocycles. The van der Waals surface area contributed by atoms with Crippen molar-refractivity contribution >= 4 is 11.9 Å². The maximum absolute atomic E-state index is 11.2. The van der Waals surface area contributed by atoms with Crippen LogP contribution in [0.25, 0.3) is 0 Å². The van der Waals surface area contributed by atoms with Crippen LogP contribution in [0.1, 0.15) is 11.5 Å². The van der Waals surface area contributed by atoms with E-state index < -0.39 is 0 Å². The molecule has 1 aromatic rings. The van der Waals surface area contributed by atoms with E-state index in [4.69, 9.17) is 0 Å². The number of urea groups is 1. The fraction of sp³-hybridized carbons (Fsp3) is 0.333. The van der Waals surface area contributed by atoms with E-state index in [2.05, 4.69) is 15.3 Å². The average Bonchev–Trinajstić information content (AvgIpc) is 2.45. The monoisotopic (exact) mass is 206 g/mol. The van der Waals surface area contributed by atoms with Crippen LogP contribution in [0.15, 0.2) is 12.3 Å². The average molecular weight is 206 g/mol. The highest BCUT2D eigenvalue weighted by Gasteiger charge is 2.26. The van der Waals surface area contributed by atoms with Crippen molar-refractivity contribution in [2.45, 2.75) is 13.5 Å². The molecule has 0 aliphatic carbocycles. The molecule has 6 nitrogen and oxygen atoms in total. The Morgan fingerprint density at radius 2 is 2.33 bits per heavy atom. The number of imide groups is 1. The smallest absolute Gasteiger partial charge is 0.309 e. The van der Waals surface area contributed by atoms with E-state index in [1.54, 1.807) is 19.2 Å². The molecular weight excluding hydrogens is 196 g/mol. The second-order valence-electron chi connectivity index (χ2n) is 3.30. The Hall–Kier alpha value is -1.98. The van der Waals surface area contributed by atoms with E-state index in [0.717, 1.165) is 5.69 Å². The topological polar surface area (TPSA) is 75.2 Å². The van der Waals surface area contributed by atoms with Gasteiger partial charge in [0.1, 0.15) is 12.4 Å². The van der Waals surface area contributed by atoms with E-state index in [1.807, 2.05) is 0 Å². The molecule has 1 fully saturated rings. The van der Waals surface area contributed by atoms with E-state index in [1.165, 1.54) is 4.90 Å². The van der Waals surface area contributed by atoms with Crippen LogP contribution in [0.5, 0.6) is 0 Å². The van der Waals surface area contributed by atoms with Crippen molar-refractivity contribution in [3.05, 3.63) is 23.8 Å². The zero-order chi connectivity index (χ0) is 10.8. The first-order valence-electron chi connectivity index (χ1n) is 4.52. The fourth-order valence-electron chi connectivity index (χ4n) is 1.40. The van der Waals surface area contributed by atoms with Gasteiger partial charge in [-0.1, -0.05) is 0 Å². The first-order chi connectivity index (χ1) is 7.15. The number of nitrogens with zero attached hydrogens (tertiary/aromatic N) is 3. The number of nitrogens with one attached hydrogen (secondary N) is 1. The summed E-state index contributed by atoms with van der Waals surface area (Å²) in [4.78, 5) is 31.6. The van der Waals surface area contributed by atoms with E-state index in [9.17, 15) is 9.59 Å².